The fourth-order valence-corrected chi connectivity index (χ4v) is 3.45. The summed E-state index contributed by atoms with van der Waals surface area (Å²) in [7, 11) is 3.48. The maximum atomic E-state index is 5.48. The Bertz CT molecular complexity index is 730. The average Bonchev–Trinajstić information content (AvgIpc) is 2.88. The quantitative estimate of drug-likeness (QED) is 0.389. The van der Waals surface area contributed by atoms with Crippen LogP contribution in [0.3, 0.4) is 0 Å². The van der Waals surface area contributed by atoms with Gasteiger partial charge in [0.1, 0.15) is 5.75 Å². The van der Waals surface area contributed by atoms with Crippen molar-refractivity contribution in [1.82, 2.24) is 15.6 Å². The van der Waals surface area contributed by atoms with E-state index >= 15 is 0 Å². The summed E-state index contributed by atoms with van der Waals surface area (Å²) in [5.74, 6) is 1.64. The van der Waals surface area contributed by atoms with Crippen LogP contribution < -0.4 is 15.4 Å². The lowest BCUT2D eigenvalue weighted by Crippen LogP contribution is -2.38. The number of aromatic nitrogens is 1. The van der Waals surface area contributed by atoms with Gasteiger partial charge in [0.15, 0.2) is 5.96 Å². The SMILES string of the molecule is CN=C(NCc1sc(C)nc1C)NC(C)c1cc(C)ccc1OC.I. The fraction of sp³-hybridized carbons (Fsp3) is 0.444. The summed E-state index contributed by atoms with van der Waals surface area (Å²) in [5.41, 5.74) is 3.40. The number of hydrogen-bond donors (Lipinski definition) is 2. The number of ether oxygens (including phenoxy) is 1. The molecule has 0 radical (unpaired) electrons. The lowest BCUT2D eigenvalue weighted by molar-refractivity contribution is 0.405. The van der Waals surface area contributed by atoms with Crippen LogP contribution in [0.5, 0.6) is 5.75 Å². The van der Waals surface area contributed by atoms with Crippen molar-refractivity contribution in [2.75, 3.05) is 14.2 Å². The summed E-state index contributed by atoms with van der Waals surface area (Å²) in [5, 5.41) is 7.87. The van der Waals surface area contributed by atoms with Crippen LogP contribution in [0.4, 0.5) is 0 Å². The van der Waals surface area contributed by atoms with Gasteiger partial charge < -0.3 is 15.4 Å². The van der Waals surface area contributed by atoms with E-state index in [9.17, 15) is 0 Å². The van der Waals surface area contributed by atoms with Crippen molar-refractivity contribution in [2.24, 2.45) is 4.99 Å². The minimum atomic E-state index is 0. The van der Waals surface area contributed by atoms with Gasteiger partial charge >= 0.3 is 0 Å². The summed E-state index contributed by atoms with van der Waals surface area (Å²) in [4.78, 5) is 10.0. The number of aryl methyl sites for hydroxylation is 3. The van der Waals surface area contributed by atoms with E-state index in [-0.39, 0.29) is 30.0 Å². The van der Waals surface area contributed by atoms with Gasteiger partial charge in [0.05, 0.1) is 30.4 Å². The third-order valence-electron chi connectivity index (χ3n) is 3.84. The van der Waals surface area contributed by atoms with Crippen molar-refractivity contribution in [3.8, 4) is 5.75 Å². The van der Waals surface area contributed by atoms with Crippen molar-refractivity contribution in [3.63, 3.8) is 0 Å². The van der Waals surface area contributed by atoms with Gasteiger partial charge in [0.2, 0.25) is 0 Å². The number of rotatable bonds is 5. The lowest BCUT2D eigenvalue weighted by atomic mass is 10.0. The van der Waals surface area contributed by atoms with Gasteiger partial charge in [-0.05, 0) is 33.8 Å². The zero-order valence-corrected chi connectivity index (χ0v) is 18.8. The molecule has 0 fully saturated rings. The fourth-order valence-electron chi connectivity index (χ4n) is 2.57. The summed E-state index contributed by atoms with van der Waals surface area (Å²) in [6.07, 6.45) is 0. The van der Waals surface area contributed by atoms with Gasteiger partial charge in [-0.25, -0.2) is 4.98 Å². The van der Waals surface area contributed by atoms with Crippen molar-refractivity contribution in [2.45, 2.75) is 40.3 Å². The van der Waals surface area contributed by atoms with E-state index in [1.165, 1.54) is 10.4 Å². The number of thiazole rings is 1. The van der Waals surface area contributed by atoms with Crippen molar-refractivity contribution in [1.29, 1.82) is 0 Å². The minimum Gasteiger partial charge on any atom is -0.496 e. The molecule has 1 unspecified atom stereocenters. The first kappa shape index (κ1) is 21.7. The largest absolute Gasteiger partial charge is 0.496 e. The number of nitrogens with zero attached hydrogens (tertiary/aromatic N) is 2. The van der Waals surface area contributed by atoms with E-state index < -0.39 is 0 Å². The zero-order valence-electron chi connectivity index (χ0n) is 15.6. The number of hydrogen-bond acceptors (Lipinski definition) is 4. The Labute approximate surface area is 171 Å². The molecule has 1 aromatic carbocycles. The lowest BCUT2D eigenvalue weighted by Gasteiger charge is -2.20. The maximum Gasteiger partial charge on any atom is 0.191 e. The molecule has 25 heavy (non-hydrogen) atoms. The van der Waals surface area contributed by atoms with Crippen LogP contribution in [-0.4, -0.2) is 25.1 Å². The van der Waals surface area contributed by atoms with E-state index in [1.807, 2.05) is 19.9 Å². The number of benzene rings is 1. The van der Waals surface area contributed by atoms with Gasteiger partial charge in [0.25, 0.3) is 0 Å². The van der Waals surface area contributed by atoms with Crippen LogP contribution in [-0.2, 0) is 6.54 Å². The topological polar surface area (TPSA) is 58.5 Å². The smallest absolute Gasteiger partial charge is 0.191 e. The van der Waals surface area contributed by atoms with E-state index in [0.29, 0.717) is 6.54 Å². The summed E-state index contributed by atoms with van der Waals surface area (Å²) < 4.78 is 5.48. The molecule has 0 bridgehead atoms. The van der Waals surface area contributed by atoms with Gasteiger partial charge in [-0.2, -0.15) is 0 Å². The van der Waals surface area contributed by atoms with Gasteiger partial charge in [-0.15, -0.1) is 35.3 Å². The summed E-state index contributed by atoms with van der Waals surface area (Å²) in [6.45, 7) is 8.97. The second-order valence-corrected chi connectivity index (χ2v) is 7.07. The molecule has 0 aliphatic rings. The Morgan fingerprint density at radius 1 is 1.32 bits per heavy atom. The zero-order chi connectivity index (χ0) is 17.7. The molecule has 0 aliphatic carbocycles. The predicted molar refractivity (Wildman–Crippen MR) is 116 cm³/mol. The highest BCUT2D eigenvalue weighted by atomic mass is 127. The molecule has 1 atom stereocenters. The van der Waals surface area contributed by atoms with Crippen LogP contribution in [0.1, 0.15) is 39.7 Å². The molecular weight excluding hydrogens is 447 g/mol. The standard InChI is InChI=1S/C18H26N4OS.HI/c1-11-7-8-16(23-6)15(9-11)12(2)22-18(19-5)20-10-17-13(3)21-14(4)24-17;/h7-9,12H,10H2,1-6H3,(H2,19,20,22);1H. The second kappa shape index (κ2) is 9.96. The Kier molecular flexibility index (Phi) is 8.64. The van der Waals surface area contributed by atoms with Crippen LogP contribution in [0.25, 0.3) is 0 Å². The molecule has 0 saturated carbocycles. The van der Waals surface area contributed by atoms with Crippen molar-refractivity contribution in [3.05, 3.63) is 44.9 Å². The summed E-state index contributed by atoms with van der Waals surface area (Å²) >= 11 is 1.71. The molecule has 2 N–H and O–H groups in total. The summed E-state index contributed by atoms with van der Waals surface area (Å²) in [6, 6.07) is 6.27. The molecule has 0 amide bonds. The first-order chi connectivity index (χ1) is 11.4. The normalized spacial score (nSPS) is 12.3. The van der Waals surface area contributed by atoms with Gasteiger partial charge in [-0.1, -0.05) is 17.7 Å². The third-order valence-corrected chi connectivity index (χ3v) is 4.92. The average molecular weight is 474 g/mol. The molecule has 5 nitrogen and oxygen atoms in total. The Hall–Kier alpha value is -1.35. The van der Waals surface area contributed by atoms with Crippen molar-refractivity contribution < 1.29 is 4.74 Å². The minimum absolute atomic E-state index is 0. The highest BCUT2D eigenvalue weighted by molar-refractivity contribution is 14.0. The monoisotopic (exact) mass is 474 g/mol. The predicted octanol–water partition coefficient (Wildman–Crippen LogP) is 4.12. The Balaban J connectivity index is 0.00000312. The Morgan fingerprint density at radius 2 is 2.04 bits per heavy atom. The molecule has 0 aliphatic heterocycles. The number of methoxy groups -OCH3 is 1. The van der Waals surface area contributed by atoms with Crippen LogP contribution in [0, 0.1) is 20.8 Å². The highest BCUT2D eigenvalue weighted by Crippen LogP contribution is 2.26. The van der Waals surface area contributed by atoms with E-state index in [2.05, 4.69) is 46.6 Å². The van der Waals surface area contributed by atoms with E-state index in [0.717, 1.165) is 28.0 Å². The van der Waals surface area contributed by atoms with E-state index in [4.69, 9.17) is 4.74 Å². The van der Waals surface area contributed by atoms with Gasteiger partial charge in [-0.3, -0.25) is 4.99 Å². The van der Waals surface area contributed by atoms with E-state index in [1.54, 1.807) is 25.5 Å². The van der Waals surface area contributed by atoms with Crippen LogP contribution >= 0.6 is 35.3 Å². The first-order valence-corrected chi connectivity index (χ1v) is 8.80. The second-order valence-electron chi connectivity index (χ2n) is 5.78. The molecule has 1 aromatic heterocycles. The van der Waals surface area contributed by atoms with Crippen molar-refractivity contribution >= 4 is 41.3 Å². The third kappa shape index (κ3) is 5.85. The first-order valence-electron chi connectivity index (χ1n) is 7.99. The molecule has 2 aromatic rings. The molecule has 0 spiro atoms. The molecule has 0 saturated heterocycles. The molecular formula is C18H27IN4OS. The number of halogens is 1. The Morgan fingerprint density at radius 3 is 2.60 bits per heavy atom. The highest BCUT2D eigenvalue weighted by Gasteiger charge is 2.14. The van der Waals surface area contributed by atoms with Crippen LogP contribution in [0.2, 0.25) is 0 Å². The number of guanidine groups is 1. The molecule has 7 heteroatoms. The number of aliphatic imine (C=N–C) groups is 1. The van der Waals surface area contributed by atoms with Crippen LogP contribution in [0.15, 0.2) is 23.2 Å². The van der Waals surface area contributed by atoms with Gasteiger partial charge in [0, 0.05) is 17.5 Å². The number of nitrogens with one attached hydrogen (secondary N) is 2. The maximum absolute atomic E-state index is 5.48. The molecule has 2 rings (SSSR count). The molecule has 138 valence electrons. The molecule has 1 heterocycles.